The van der Waals surface area contributed by atoms with E-state index in [0.717, 1.165) is 0 Å². The number of aryl methyl sites for hydroxylation is 1. The summed E-state index contributed by atoms with van der Waals surface area (Å²) in [7, 11) is 0. The summed E-state index contributed by atoms with van der Waals surface area (Å²) in [5.41, 5.74) is 8.25. The summed E-state index contributed by atoms with van der Waals surface area (Å²) in [6, 6.07) is 14.5. The van der Waals surface area contributed by atoms with Gasteiger partial charge in [0.05, 0.1) is 4.92 Å². The monoisotopic (exact) mass is 375 g/mol. The standard InChI is InChI=1S/C19H21N3O3.ClH/c1-13-9-16(22(24)25)7-8-17(13)19(23)21-11-15(10-20)18(12-21)14-5-3-2-4-6-14;/h2-9,15,18H,10-12,20H2,1H3;1H/t15-,18+;/m1./s1. The van der Waals surface area contributed by atoms with E-state index in [0.29, 0.717) is 30.8 Å². The van der Waals surface area contributed by atoms with Gasteiger partial charge in [-0.05, 0) is 36.6 Å². The average Bonchev–Trinajstić information content (AvgIpc) is 3.06. The highest BCUT2D eigenvalue weighted by atomic mass is 35.5. The molecule has 0 aromatic heterocycles. The Balaban J connectivity index is 0.00000243. The molecule has 0 radical (unpaired) electrons. The molecule has 0 aliphatic carbocycles. The van der Waals surface area contributed by atoms with Gasteiger partial charge in [0.25, 0.3) is 11.6 Å². The van der Waals surface area contributed by atoms with Crippen LogP contribution in [0.3, 0.4) is 0 Å². The number of hydrogen-bond acceptors (Lipinski definition) is 4. The maximum atomic E-state index is 12.9. The van der Waals surface area contributed by atoms with Gasteiger partial charge in [-0.2, -0.15) is 0 Å². The highest BCUT2D eigenvalue weighted by molar-refractivity contribution is 5.96. The van der Waals surface area contributed by atoms with Crippen molar-refractivity contribution in [3.8, 4) is 0 Å². The SMILES string of the molecule is Cc1cc([N+](=O)[O-])ccc1C(=O)N1C[C@@H](CN)[C@H](c2ccccc2)C1.Cl. The molecular weight excluding hydrogens is 354 g/mol. The molecule has 1 aliphatic rings. The Morgan fingerprint density at radius 1 is 1.23 bits per heavy atom. The number of likely N-dealkylation sites (tertiary alicyclic amines) is 1. The Morgan fingerprint density at radius 2 is 1.92 bits per heavy atom. The molecule has 1 heterocycles. The van der Waals surface area contributed by atoms with Gasteiger partial charge in [-0.3, -0.25) is 14.9 Å². The fourth-order valence-electron chi connectivity index (χ4n) is 3.53. The van der Waals surface area contributed by atoms with E-state index in [-0.39, 0.29) is 35.8 Å². The van der Waals surface area contributed by atoms with E-state index >= 15 is 0 Å². The zero-order valence-electron chi connectivity index (χ0n) is 14.5. The highest BCUT2D eigenvalue weighted by Gasteiger charge is 2.36. The first-order valence-electron chi connectivity index (χ1n) is 8.30. The number of nitro benzene ring substituents is 1. The molecule has 1 saturated heterocycles. The Hall–Kier alpha value is -2.44. The average molecular weight is 376 g/mol. The van der Waals surface area contributed by atoms with Crippen molar-refractivity contribution < 1.29 is 9.72 Å². The zero-order chi connectivity index (χ0) is 18.0. The van der Waals surface area contributed by atoms with E-state index < -0.39 is 4.92 Å². The van der Waals surface area contributed by atoms with Gasteiger partial charge in [0.2, 0.25) is 0 Å². The number of nitro groups is 1. The quantitative estimate of drug-likeness (QED) is 0.656. The third-order valence-corrected chi connectivity index (χ3v) is 4.91. The molecule has 1 fully saturated rings. The van der Waals surface area contributed by atoms with Crippen LogP contribution in [0, 0.1) is 23.0 Å². The van der Waals surface area contributed by atoms with Crippen LogP contribution in [0.2, 0.25) is 0 Å². The lowest BCUT2D eigenvalue weighted by Gasteiger charge is -2.18. The van der Waals surface area contributed by atoms with Crippen molar-refractivity contribution in [1.29, 1.82) is 0 Å². The van der Waals surface area contributed by atoms with Crippen molar-refractivity contribution in [3.05, 3.63) is 75.3 Å². The van der Waals surface area contributed by atoms with Crippen LogP contribution < -0.4 is 5.73 Å². The first-order chi connectivity index (χ1) is 12.0. The lowest BCUT2D eigenvalue weighted by atomic mass is 9.89. The van der Waals surface area contributed by atoms with E-state index in [1.807, 2.05) is 23.1 Å². The van der Waals surface area contributed by atoms with Crippen molar-refractivity contribution >= 4 is 24.0 Å². The highest BCUT2D eigenvalue weighted by Crippen LogP contribution is 2.33. The number of hydrogen-bond donors (Lipinski definition) is 1. The summed E-state index contributed by atoms with van der Waals surface area (Å²) >= 11 is 0. The minimum atomic E-state index is -0.451. The van der Waals surface area contributed by atoms with Crippen LogP contribution in [-0.2, 0) is 0 Å². The number of carbonyl (C=O) groups is 1. The van der Waals surface area contributed by atoms with Gasteiger partial charge in [-0.25, -0.2) is 0 Å². The van der Waals surface area contributed by atoms with Gasteiger partial charge < -0.3 is 10.6 Å². The van der Waals surface area contributed by atoms with Gasteiger partial charge in [0.1, 0.15) is 0 Å². The van der Waals surface area contributed by atoms with Crippen LogP contribution in [-0.4, -0.2) is 35.4 Å². The fraction of sp³-hybridized carbons (Fsp3) is 0.316. The molecule has 7 heteroatoms. The van der Waals surface area contributed by atoms with Gasteiger partial charge >= 0.3 is 0 Å². The molecule has 1 amide bonds. The third kappa shape index (κ3) is 3.86. The van der Waals surface area contributed by atoms with Gasteiger partial charge in [-0.1, -0.05) is 30.3 Å². The third-order valence-electron chi connectivity index (χ3n) is 4.91. The van der Waals surface area contributed by atoms with Crippen molar-refractivity contribution in [2.24, 2.45) is 11.7 Å². The Labute approximate surface area is 158 Å². The lowest BCUT2D eigenvalue weighted by Crippen LogP contribution is -2.30. The van der Waals surface area contributed by atoms with Gasteiger partial charge in [-0.15, -0.1) is 12.4 Å². The predicted molar refractivity (Wildman–Crippen MR) is 103 cm³/mol. The number of carbonyl (C=O) groups excluding carboxylic acids is 1. The number of non-ortho nitro benzene ring substituents is 1. The minimum absolute atomic E-state index is 0. The summed E-state index contributed by atoms with van der Waals surface area (Å²) in [6.07, 6.45) is 0. The maximum absolute atomic E-state index is 12.9. The van der Waals surface area contributed by atoms with Gasteiger partial charge in [0, 0.05) is 36.7 Å². The molecule has 0 saturated carbocycles. The normalized spacial score (nSPS) is 19.1. The molecule has 2 aromatic rings. The molecule has 26 heavy (non-hydrogen) atoms. The molecule has 6 nitrogen and oxygen atoms in total. The number of halogens is 1. The van der Waals surface area contributed by atoms with E-state index in [2.05, 4.69) is 12.1 Å². The van der Waals surface area contributed by atoms with Crippen LogP contribution in [0.15, 0.2) is 48.5 Å². The summed E-state index contributed by atoms with van der Waals surface area (Å²) in [4.78, 5) is 25.1. The van der Waals surface area contributed by atoms with Crippen molar-refractivity contribution in [1.82, 2.24) is 4.90 Å². The number of nitrogens with two attached hydrogens (primary N) is 1. The summed E-state index contributed by atoms with van der Waals surface area (Å²) < 4.78 is 0. The van der Waals surface area contributed by atoms with E-state index in [4.69, 9.17) is 5.73 Å². The molecule has 2 atom stereocenters. The fourth-order valence-corrected chi connectivity index (χ4v) is 3.53. The molecule has 3 rings (SSSR count). The summed E-state index contributed by atoms with van der Waals surface area (Å²) in [6.45, 7) is 3.46. The Kier molecular flexibility index (Phi) is 6.34. The van der Waals surface area contributed by atoms with Crippen molar-refractivity contribution in [2.75, 3.05) is 19.6 Å². The lowest BCUT2D eigenvalue weighted by molar-refractivity contribution is -0.384. The molecular formula is C19H22ClN3O3. The second-order valence-corrected chi connectivity index (χ2v) is 6.48. The van der Waals surface area contributed by atoms with E-state index in [9.17, 15) is 14.9 Å². The molecule has 0 bridgehead atoms. The second-order valence-electron chi connectivity index (χ2n) is 6.48. The zero-order valence-corrected chi connectivity index (χ0v) is 15.3. The number of rotatable bonds is 4. The van der Waals surface area contributed by atoms with E-state index in [1.54, 1.807) is 13.0 Å². The van der Waals surface area contributed by atoms with Crippen LogP contribution in [0.5, 0.6) is 0 Å². The molecule has 138 valence electrons. The first kappa shape index (κ1) is 19.9. The predicted octanol–water partition coefficient (Wildman–Crippen LogP) is 3.14. The molecule has 2 aromatic carbocycles. The van der Waals surface area contributed by atoms with Crippen molar-refractivity contribution in [2.45, 2.75) is 12.8 Å². The largest absolute Gasteiger partial charge is 0.338 e. The summed E-state index contributed by atoms with van der Waals surface area (Å²) in [5, 5.41) is 10.9. The van der Waals surface area contributed by atoms with Crippen LogP contribution >= 0.6 is 12.4 Å². The Bertz CT molecular complexity index is 798. The molecule has 2 N–H and O–H groups in total. The number of benzene rings is 2. The minimum Gasteiger partial charge on any atom is -0.338 e. The topological polar surface area (TPSA) is 89.5 Å². The molecule has 0 unspecified atom stereocenters. The summed E-state index contributed by atoms with van der Waals surface area (Å²) in [5.74, 6) is 0.336. The van der Waals surface area contributed by atoms with Crippen molar-refractivity contribution in [3.63, 3.8) is 0 Å². The first-order valence-corrected chi connectivity index (χ1v) is 8.30. The second kappa shape index (κ2) is 8.29. The number of amides is 1. The van der Waals surface area contributed by atoms with Gasteiger partial charge in [0.15, 0.2) is 0 Å². The Morgan fingerprint density at radius 3 is 2.50 bits per heavy atom. The smallest absolute Gasteiger partial charge is 0.269 e. The maximum Gasteiger partial charge on any atom is 0.269 e. The number of nitrogens with zero attached hydrogens (tertiary/aromatic N) is 2. The van der Waals surface area contributed by atoms with Crippen LogP contribution in [0.25, 0.3) is 0 Å². The molecule has 1 aliphatic heterocycles. The van der Waals surface area contributed by atoms with Crippen LogP contribution in [0.4, 0.5) is 5.69 Å². The van der Waals surface area contributed by atoms with E-state index in [1.165, 1.54) is 17.7 Å². The van der Waals surface area contributed by atoms with Crippen LogP contribution in [0.1, 0.15) is 27.4 Å². The molecule has 0 spiro atoms.